The zero-order valence-electron chi connectivity index (χ0n) is 14.0. The molecule has 0 aliphatic carbocycles. The molecule has 3 heterocycles. The van der Waals surface area contributed by atoms with Gasteiger partial charge in [-0.05, 0) is 36.6 Å². The lowest BCUT2D eigenvalue weighted by Crippen LogP contribution is -2.38. The molecule has 1 aromatic carbocycles. The van der Waals surface area contributed by atoms with Gasteiger partial charge < -0.3 is 4.90 Å². The summed E-state index contributed by atoms with van der Waals surface area (Å²) in [6, 6.07) is 15.8. The van der Waals surface area contributed by atoms with E-state index in [0.29, 0.717) is 6.54 Å². The molecule has 1 atom stereocenters. The van der Waals surface area contributed by atoms with Gasteiger partial charge in [0, 0.05) is 31.3 Å². The molecule has 1 aliphatic rings. The Kier molecular flexibility index (Phi) is 4.29. The Morgan fingerprint density at radius 2 is 1.92 bits per heavy atom. The minimum Gasteiger partial charge on any atom is -0.338 e. The van der Waals surface area contributed by atoms with Crippen molar-refractivity contribution in [1.82, 2.24) is 19.5 Å². The number of carbonyl (C=O) groups is 1. The summed E-state index contributed by atoms with van der Waals surface area (Å²) in [5, 5.41) is 8.60. The highest BCUT2D eigenvalue weighted by Crippen LogP contribution is 2.26. The van der Waals surface area contributed by atoms with Crippen LogP contribution in [-0.2, 0) is 4.79 Å². The van der Waals surface area contributed by atoms with Crippen LogP contribution in [0.25, 0.3) is 11.7 Å². The van der Waals surface area contributed by atoms with Crippen molar-refractivity contribution in [2.45, 2.75) is 18.8 Å². The Labute approximate surface area is 146 Å². The van der Waals surface area contributed by atoms with Gasteiger partial charge >= 0.3 is 0 Å². The Hall–Kier alpha value is -2.95. The molecule has 0 N–H and O–H groups in total. The van der Waals surface area contributed by atoms with E-state index < -0.39 is 0 Å². The number of nitrogens with zero attached hydrogens (tertiary/aromatic N) is 4. The fourth-order valence-corrected chi connectivity index (χ4v) is 3.36. The fourth-order valence-electron chi connectivity index (χ4n) is 3.36. The SMILES string of the molecule is O=C(/C=C/c1ccccc1)N1CCCC(c2nnc3ccccn23)C1. The molecule has 1 unspecified atom stereocenters. The van der Waals surface area contributed by atoms with E-state index in [0.717, 1.165) is 36.4 Å². The Balaban J connectivity index is 1.49. The maximum Gasteiger partial charge on any atom is 0.246 e. The summed E-state index contributed by atoms with van der Waals surface area (Å²) >= 11 is 0. The second-order valence-electron chi connectivity index (χ2n) is 6.35. The van der Waals surface area contributed by atoms with E-state index in [2.05, 4.69) is 10.2 Å². The summed E-state index contributed by atoms with van der Waals surface area (Å²) in [4.78, 5) is 14.5. The first-order valence-electron chi connectivity index (χ1n) is 8.63. The molecule has 1 fully saturated rings. The van der Waals surface area contributed by atoms with Gasteiger partial charge in [-0.25, -0.2) is 0 Å². The summed E-state index contributed by atoms with van der Waals surface area (Å²) in [7, 11) is 0. The van der Waals surface area contributed by atoms with Crippen molar-refractivity contribution in [3.05, 3.63) is 72.2 Å². The van der Waals surface area contributed by atoms with Crippen LogP contribution in [0, 0.1) is 0 Å². The van der Waals surface area contributed by atoms with Gasteiger partial charge in [0.2, 0.25) is 5.91 Å². The molecule has 5 heteroatoms. The zero-order chi connectivity index (χ0) is 17.1. The monoisotopic (exact) mass is 332 g/mol. The van der Waals surface area contributed by atoms with Crippen molar-refractivity contribution in [2.75, 3.05) is 13.1 Å². The lowest BCUT2D eigenvalue weighted by Gasteiger charge is -2.31. The molecule has 5 nitrogen and oxygen atoms in total. The van der Waals surface area contributed by atoms with E-state index >= 15 is 0 Å². The van der Waals surface area contributed by atoms with Crippen LogP contribution >= 0.6 is 0 Å². The maximum absolute atomic E-state index is 12.5. The molecule has 0 spiro atoms. The van der Waals surface area contributed by atoms with Crippen LogP contribution in [0.2, 0.25) is 0 Å². The number of fused-ring (bicyclic) bond motifs is 1. The number of rotatable bonds is 3. The number of likely N-dealkylation sites (tertiary alicyclic amines) is 1. The fraction of sp³-hybridized carbons (Fsp3) is 0.250. The summed E-state index contributed by atoms with van der Waals surface area (Å²) in [6.45, 7) is 1.48. The lowest BCUT2D eigenvalue weighted by atomic mass is 9.97. The van der Waals surface area contributed by atoms with Crippen LogP contribution in [-0.4, -0.2) is 38.5 Å². The number of amides is 1. The first-order valence-corrected chi connectivity index (χ1v) is 8.63. The van der Waals surface area contributed by atoms with Crippen molar-refractivity contribution in [3.8, 4) is 0 Å². The van der Waals surface area contributed by atoms with E-state index in [4.69, 9.17) is 0 Å². The van der Waals surface area contributed by atoms with Gasteiger partial charge in [-0.3, -0.25) is 9.20 Å². The molecule has 1 aliphatic heterocycles. The van der Waals surface area contributed by atoms with Gasteiger partial charge in [0.15, 0.2) is 5.65 Å². The quantitative estimate of drug-likeness (QED) is 0.692. The molecular weight excluding hydrogens is 312 g/mol. The highest BCUT2D eigenvalue weighted by atomic mass is 16.2. The van der Waals surface area contributed by atoms with E-state index in [1.165, 1.54) is 0 Å². The van der Waals surface area contributed by atoms with Gasteiger partial charge in [-0.2, -0.15) is 0 Å². The summed E-state index contributed by atoms with van der Waals surface area (Å²) in [5.74, 6) is 1.22. The minimum atomic E-state index is 0.0578. The van der Waals surface area contributed by atoms with E-state index in [-0.39, 0.29) is 11.8 Å². The number of piperidine rings is 1. The number of hydrogen-bond donors (Lipinski definition) is 0. The number of hydrogen-bond acceptors (Lipinski definition) is 3. The first-order chi connectivity index (χ1) is 12.3. The van der Waals surface area contributed by atoms with Gasteiger partial charge in [0.25, 0.3) is 0 Å². The van der Waals surface area contributed by atoms with Gasteiger partial charge in [0.1, 0.15) is 5.82 Å². The maximum atomic E-state index is 12.5. The van der Waals surface area contributed by atoms with E-state index in [1.54, 1.807) is 6.08 Å². The molecule has 126 valence electrons. The number of benzene rings is 1. The van der Waals surface area contributed by atoms with Gasteiger partial charge in [0.05, 0.1) is 0 Å². The van der Waals surface area contributed by atoms with Crippen LogP contribution in [0.15, 0.2) is 60.8 Å². The number of pyridine rings is 1. The standard InChI is InChI=1S/C20H20N4O/c25-19(12-11-16-7-2-1-3-8-16)23-13-6-9-17(15-23)20-22-21-18-10-4-5-14-24(18)20/h1-5,7-8,10-12,14,17H,6,9,13,15H2/b12-11+. The molecule has 25 heavy (non-hydrogen) atoms. The molecule has 0 bridgehead atoms. The minimum absolute atomic E-state index is 0.0578. The smallest absolute Gasteiger partial charge is 0.246 e. The molecule has 1 amide bonds. The van der Waals surface area contributed by atoms with Crippen LogP contribution < -0.4 is 0 Å². The average Bonchev–Trinajstić information content (AvgIpc) is 3.11. The Bertz CT molecular complexity index is 900. The van der Waals surface area contributed by atoms with Gasteiger partial charge in [-0.1, -0.05) is 36.4 Å². The van der Waals surface area contributed by atoms with Crippen molar-refractivity contribution >= 4 is 17.6 Å². The highest BCUT2D eigenvalue weighted by molar-refractivity contribution is 5.91. The summed E-state index contributed by atoms with van der Waals surface area (Å²) < 4.78 is 2.03. The van der Waals surface area contributed by atoms with Crippen molar-refractivity contribution in [1.29, 1.82) is 0 Å². The summed E-state index contributed by atoms with van der Waals surface area (Å²) in [6.07, 6.45) is 7.54. The largest absolute Gasteiger partial charge is 0.338 e. The first kappa shape index (κ1) is 15.6. The lowest BCUT2D eigenvalue weighted by molar-refractivity contribution is -0.127. The normalized spacial score (nSPS) is 18.1. The number of carbonyl (C=O) groups excluding carboxylic acids is 1. The molecule has 1 saturated heterocycles. The molecule has 0 radical (unpaired) electrons. The van der Waals surface area contributed by atoms with Gasteiger partial charge in [-0.15, -0.1) is 10.2 Å². The topological polar surface area (TPSA) is 50.5 Å². The van der Waals surface area contributed by atoms with Crippen LogP contribution in [0.5, 0.6) is 0 Å². The van der Waals surface area contributed by atoms with Crippen LogP contribution in [0.3, 0.4) is 0 Å². The number of aromatic nitrogens is 3. The third-order valence-corrected chi connectivity index (χ3v) is 4.66. The molecule has 3 aromatic rings. The Morgan fingerprint density at radius 3 is 2.80 bits per heavy atom. The van der Waals surface area contributed by atoms with Crippen molar-refractivity contribution in [3.63, 3.8) is 0 Å². The average molecular weight is 332 g/mol. The third-order valence-electron chi connectivity index (χ3n) is 4.66. The molecular formula is C20H20N4O. The van der Waals surface area contributed by atoms with Crippen molar-refractivity contribution < 1.29 is 4.79 Å². The second kappa shape index (κ2) is 6.89. The predicted molar refractivity (Wildman–Crippen MR) is 97.0 cm³/mol. The van der Waals surface area contributed by atoms with Crippen molar-refractivity contribution in [2.24, 2.45) is 0 Å². The zero-order valence-corrected chi connectivity index (χ0v) is 14.0. The predicted octanol–water partition coefficient (Wildman–Crippen LogP) is 3.15. The third kappa shape index (κ3) is 3.31. The van der Waals surface area contributed by atoms with E-state index in [9.17, 15) is 4.79 Å². The molecule has 4 rings (SSSR count). The van der Waals surface area contributed by atoms with Crippen LogP contribution in [0.1, 0.15) is 30.1 Å². The molecule has 0 saturated carbocycles. The highest BCUT2D eigenvalue weighted by Gasteiger charge is 2.26. The van der Waals surface area contributed by atoms with Crippen LogP contribution in [0.4, 0.5) is 0 Å². The summed E-state index contributed by atoms with van der Waals surface area (Å²) in [5.41, 5.74) is 1.89. The molecule has 2 aromatic heterocycles. The van der Waals surface area contributed by atoms with E-state index in [1.807, 2.05) is 70.1 Å². The second-order valence-corrected chi connectivity index (χ2v) is 6.35. The Morgan fingerprint density at radius 1 is 1.08 bits per heavy atom.